The highest BCUT2D eigenvalue weighted by atomic mass is 35.5. The van der Waals surface area contributed by atoms with Crippen molar-refractivity contribution < 1.29 is 4.79 Å². The Kier molecular flexibility index (Phi) is 10.6. The summed E-state index contributed by atoms with van der Waals surface area (Å²) in [6.07, 6.45) is 5.64. The van der Waals surface area contributed by atoms with Crippen molar-refractivity contribution in [1.82, 2.24) is 10.2 Å². The molecular weight excluding hydrogens is 369 g/mol. The number of piperidine rings is 1. The maximum Gasteiger partial charge on any atom is 0.223 e. The number of nitrogens with one attached hydrogen (secondary N) is 1. The van der Waals surface area contributed by atoms with Crippen LogP contribution in [0.3, 0.4) is 0 Å². The van der Waals surface area contributed by atoms with Gasteiger partial charge in [0.1, 0.15) is 0 Å². The molecule has 0 aromatic heterocycles. The zero-order chi connectivity index (χ0) is 16.8. The molecule has 1 heterocycles. The number of nitrogens with zero attached hydrogens (tertiary/aromatic N) is 1. The van der Waals surface area contributed by atoms with Crippen LogP contribution in [-0.4, -0.2) is 37.0 Å². The smallest absolute Gasteiger partial charge is 0.223 e. The van der Waals surface area contributed by atoms with Crippen molar-refractivity contribution in [2.45, 2.75) is 38.6 Å². The van der Waals surface area contributed by atoms with Gasteiger partial charge in [0.25, 0.3) is 0 Å². The molecule has 0 spiro atoms. The Morgan fingerprint density at radius 1 is 1.08 bits per heavy atom. The minimum Gasteiger partial charge on any atom is -0.356 e. The summed E-state index contributed by atoms with van der Waals surface area (Å²) in [5.74, 6) is 1.43. The normalized spacial score (nSPS) is 23.7. The third-order valence-corrected chi connectivity index (χ3v) is 5.82. The average Bonchev–Trinajstić information content (AvgIpc) is 3.10. The molecule has 4 nitrogen and oxygen atoms in total. The van der Waals surface area contributed by atoms with E-state index in [0.29, 0.717) is 18.4 Å². The zero-order valence-corrected chi connectivity index (χ0v) is 17.1. The molecule has 1 saturated heterocycles. The molecule has 0 unspecified atom stereocenters. The van der Waals surface area contributed by atoms with Gasteiger partial charge in [-0.2, -0.15) is 0 Å². The van der Waals surface area contributed by atoms with Crippen molar-refractivity contribution >= 4 is 30.7 Å². The molecule has 1 aliphatic carbocycles. The van der Waals surface area contributed by atoms with Crippen molar-refractivity contribution in [1.29, 1.82) is 0 Å². The van der Waals surface area contributed by atoms with E-state index in [0.717, 1.165) is 45.4 Å². The third-order valence-electron chi connectivity index (χ3n) is 5.82. The number of carbonyl (C=O) groups excluding carboxylic acids is 1. The van der Waals surface area contributed by atoms with Crippen molar-refractivity contribution in [2.75, 3.05) is 26.2 Å². The summed E-state index contributed by atoms with van der Waals surface area (Å²) in [6.45, 7) is 4.79. The molecule has 2 aliphatic rings. The van der Waals surface area contributed by atoms with Crippen LogP contribution in [0.15, 0.2) is 30.3 Å². The van der Waals surface area contributed by atoms with E-state index in [2.05, 4.69) is 40.5 Å². The summed E-state index contributed by atoms with van der Waals surface area (Å²) < 4.78 is 0. The molecule has 0 radical (unpaired) electrons. The van der Waals surface area contributed by atoms with Gasteiger partial charge in [-0.1, -0.05) is 36.8 Å². The van der Waals surface area contributed by atoms with Gasteiger partial charge in [-0.25, -0.2) is 0 Å². The second kappa shape index (κ2) is 11.8. The van der Waals surface area contributed by atoms with Gasteiger partial charge in [-0.05, 0) is 62.7 Å². The second-order valence-corrected chi connectivity index (χ2v) is 7.48. The number of hydrogen-bond donors (Lipinski definition) is 2. The molecule has 3 rings (SSSR count). The van der Waals surface area contributed by atoms with Crippen LogP contribution in [0.4, 0.5) is 0 Å². The number of rotatable bonds is 6. The summed E-state index contributed by atoms with van der Waals surface area (Å²) in [5.41, 5.74) is 7.18. The van der Waals surface area contributed by atoms with Gasteiger partial charge in [-0.15, -0.1) is 24.8 Å². The molecule has 3 N–H and O–H groups in total. The second-order valence-electron chi connectivity index (χ2n) is 7.48. The minimum absolute atomic E-state index is 0. The van der Waals surface area contributed by atoms with Gasteiger partial charge >= 0.3 is 0 Å². The fourth-order valence-electron chi connectivity index (χ4n) is 4.23. The Balaban J connectivity index is 0.00000169. The first-order valence-corrected chi connectivity index (χ1v) is 9.50. The SMILES string of the molecule is Cl.Cl.NC[C@H]1CCC[C@H]1C(=O)NCC1CCN(Cc2ccccc2)CC1. The molecule has 148 valence electrons. The fourth-order valence-corrected chi connectivity index (χ4v) is 4.23. The fraction of sp³-hybridized carbons (Fsp3) is 0.650. The molecular formula is C20H33Cl2N3O. The maximum absolute atomic E-state index is 12.4. The van der Waals surface area contributed by atoms with Crippen molar-refractivity contribution in [3.63, 3.8) is 0 Å². The van der Waals surface area contributed by atoms with E-state index in [-0.39, 0.29) is 36.6 Å². The van der Waals surface area contributed by atoms with Gasteiger partial charge in [0.15, 0.2) is 0 Å². The Morgan fingerprint density at radius 2 is 1.77 bits per heavy atom. The van der Waals surface area contributed by atoms with Gasteiger partial charge in [0.2, 0.25) is 5.91 Å². The van der Waals surface area contributed by atoms with E-state index in [1.165, 1.54) is 18.4 Å². The zero-order valence-electron chi connectivity index (χ0n) is 15.4. The molecule has 1 aromatic rings. The minimum atomic E-state index is 0. The molecule has 1 amide bonds. The molecule has 6 heteroatoms. The Hall–Kier alpha value is -0.810. The van der Waals surface area contributed by atoms with Crippen molar-refractivity contribution in [3.05, 3.63) is 35.9 Å². The van der Waals surface area contributed by atoms with Crippen molar-refractivity contribution in [3.8, 4) is 0 Å². The summed E-state index contributed by atoms with van der Waals surface area (Å²) in [5, 5.41) is 3.21. The number of nitrogens with two attached hydrogens (primary N) is 1. The number of benzene rings is 1. The van der Waals surface area contributed by atoms with Crippen LogP contribution in [-0.2, 0) is 11.3 Å². The standard InChI is InChI=1S/C20H31N3O.2ClH/c21-13-18-7-4-8-19(18)20(24)22-14-16-9-11-23(12-10-16)15-17-5-2-1-3-6-17;;/h1-3,5-6,16,18-19H,4,7-15,21H2,(H,22,24);2*1H/t18-,19-;;/m1../s1. The van der Waals surface area contributed by atoms with Crippen LogP contribution in [0.5, 0.6) is 0 Å². The van der Waals surface area contributed by atoms with Crippen LogP contribution in [0.25, 0.3) is 0 Å². The number of carbonyl (C=O) groups is 1. The Labute approximate surface area is 170 Å². The highest BCUT2D eigenvalue weighted by Gasteiger charge is 2.32. The lowest BCUT2D eigenvalue weighted by Crippen LogP contribution is -2.41. The number of likely N-dealkylation sites (tertiary alicyclic amines) is 1. The lowest BCUT2D eigenvalue weighted by molar-refractivity contribution is -0.126. The quantitative estimate of drug-likeness (QED) is 0.768. The van der Waals surface area contributed by atoms with Crippen LogP contribution in [0.2, 0.25) is 0 Å². The predicted octanol–water partition coefficient (Wildman–Crippen LogP) is 3.23. The van der Waals surface area contributed by atoms with Crippen LogP contribution in [0.1, 0.15) is 37.7 Å². The first kappa shape index (κ1) is 23.2. The molecule has 26 heavy (non-hydrogen) atoms. The van der Waals surface area contributed by atoms with Crippen LogP contribution < -0.4 is 11.1 Å². The van der Waals surface area contributed by atoms with Gasteiger partial charge in [-0.3, -0.25) is 9.69 Å². The number of halogens is 2. The van der Waals surface area contributed by atoms with E-state index in [9.17, 15) is 4.79 Å². The van der Waals surface area contributed by atoms with Crippen LogP contribution in [0, 0.1) is 17.8 Å². The molecule has 0 bridgehead atoms. The molecule has 1 saturated carbocycles. The highest BCUT2D eigenvalue weighted by molar-refractivity contribution is 5.85. The third kappa shape index (κ3) is 6.41. The Morgan fingerprint density at radius 3 is 2.42 bits per heavy atom. The van der Waals surface area contributed by atoms with Crippen molar-refractivity contribution in [2.24, 2.45) is 23.5 Å². The average molecular weight is 402 g/mol. The lowest BCUT2D eigenvalue weighted by atomic mass is 9.93. The summed E-state index contributed by atoms with van der Waals surface area (Å²) in [6, 6.07) is 10.7. The highest BCUT2D eigenvalue weighted by Crippen LogP contribution is 2.31. The summed E-state index contributed by atoms with van der Waals surface area (Å²) in [7, 11) is 0. The largest absolute Gasteiger partial charge is 0.356 e. The summed E-state index contributed by atoms with van der Waals surface area (Å²) >= 11 is 0. The van der Waals surface area contributed by atoms with E-state index in [1.807, 2.05) is 0 Å². The Bertz CT molecular complexity index is 521. The van der Waals surface area contributed by atoms with Gasteiger partial charge in [0, 0.05) is 19.0 Å². The number of amides is 1. The first-order valence-electron chi connectivity index (χ1n) is 9.50. The molecule has 1 aromatic carbocycles. The lowest BCUT2D eigenvalue weighted by Gasteiger charge is -2.32. The maximum atomic E-state index is 12.4. The van der Waals surface area contributed by atoms with E-state index < -0.39 is 0 Å². The molecule has 2 fully saturated rings. The van der Waals surface area contributed by atoms with E-state index in [1.54, 1.807) is 0 Å². The van der Waals surface area contributed by atoms with Gasteiger partial charge < -0.3 is 11.1 Å². The topological polar surface area (TPSA) is 58.4 Å². The van der Waals surface area contributed by atoms with Crippen LogP contribution >= 0.6 is 24.8 Å². The monoisotopic (exact) mass is 401 g/mol. The van der Waals surface area contributed by atoms with E-state index >= 15 is 0 Å². The molecule has 2 atom stereocenters. The molecule has 1 aliphatic heterocycles. The summed E-state index contributed by atoms with van der Waals surface area (Å²) in [4.78, 5) is 14.9. The predicted molar refractivity (Wildman–Crippen MR) is 112 cm³/mol. The van der Waals surface area contributed by atoms with Gasteiger partial charge in [0.05, 0.1) is 0 Å². The van der Waals surface area contributed by atoms with E-state index in [4.69, 9.17) is 5.73 Å². The number of hydrogen-bond acceptors (Lipinski definition) is 3. The first-order chi connectivity index (χ1) is 11.8.